The zero-order chi connectivity index (χ0) is 15.2. The summed E-state index contributed by atoms with van der Waals surface area (Å²) >= 11 is 0. The van der Waals surface area contributed by atoms with Crippen molar-refractivity contribution < 1.29 is 19.8 Å². The van der Waals surface area contributed by atoms with Crippen molar-refractivity contribution in [3.8, 4) is 5.75 Å². The lowest BCUT2D eigenvalue weighted by atomic mass is 10.0. The molecule has 0 unspecified atom stereocenters. The second kappa shape index (κ2) is 6.56. The number of amides is 1. The van der Waals surface area contributed by atoms with Crippen molar-refractivity contribution in [2.45, 2.75) is 6.42 Å². The molecule has 7 heteroatoms. The minimum atomic E-state index is -0.914. The lowest BCUT2D eigenvalue weighted by molar-refractivity contribution is -0.757. The van der Waals surface area contributed by atoms with Crippen molar-refractivity contribution in [3.63, 3.8) is 0 Å². The topological polar surface area (TPSA) is 102 Å². The van der Waals surface area contributed by atoms with Gasteiger partial charge in [0.1, 0.15) is 12.4 Å². The second-order valence-corrected chi connectivity index (χ2v) is 4.37. The zero-order valence-corrected chi connectivity index (χ0v) is 11.1. The van der Waals surface area contributed by atoms with Gasteiger partial charge in [0.2, 0.25) is 5.91 Å². The number of aromatic hydroxyl groups is 1. The van der Waals surface area contributed by atoms with Gasteiger partial charge in [-0.25, -0.2) is 0 Å². The molecule has 7 nitrogen and oxygen atoms in total. The van der Waals surface area contributed by atoms with Crippen LogP contribution in [0, 0.1) is 10.1 Å². The van der Waals surface area contributed by atoms with E-state index in [-0.39, 0.29) is 31.2 Å². The van der Waals surface area contributed by atoms with Crippen LogP contribution in [0.15, 0.2) is 36.4 Å². The van der Waals surface area contributed by atoms with E-state index in [0.29, 0.717) is 5.56 Å². The molecule has 2 aromatic carbocycles. The standard InChI is InChI=1S/C14H14N2O5/c17-13-6-5-10-3-1-2-4-11(10)12(13)9-14(18)15-7-8-21-16(19)20/h1-6,17H,7-9H2,(H,15,18). The number of hydrogen-bond donors (Lipinski definition) is 2. The molecule has 0 heterocycles. The smallest absolute Gasteiger partial charge is 0.294 e. The number of nitrogens with zero attached hydrogens (tertiary/aromatic N) is 1. The fourth-order valence-electron chi connectivity index (χ4n) is 2.04. The van der Waals surface area contributed by atoms with Crippen molar-refractivity contribution in [2.75, 3.05) is 13.2 Å². The zero-order valence-electron chi connectivity index (χ0n) is 11.1. The minimum Gasteiger partial charge on any atom is -0.508 e. The van der Waals surface area contributed by atoms with E-state index in [2.05, 4.69) is 10.2 Å². The minimum absolute atomic E-state index is 0.00828. The van der Waals surface area contributed by atoms with Crippen LogP contribution in [0.25, 0.3) is 10.8 Å². The van der Waals surface area contributed by atoms with Crippen LogP contribution in [0.1, 0.15) is 5.56 Å². The molecule has 1 amide bonds. The number of nitrogens with one attached hydrogen (secondary N) is 1. The van der Waals surface area contributed by atoms with Crippen molar-refractivity contribution in [3.05, 3.63) is 52.1 Å². The first-order valence-corrected chi connectivity index (χ1v) is 6.31. The summed E-state index contributed by atoms with van der Waals surface area (Å²) in [5.41, 5.74) is 0.529. The number of phenols is 1. The highest BCUT2D eigenvalue weighted by Crippen LogP contribution is 2.27. The molecule has 0 saturated heterocycles. The van der Waals surface area contributed by atoms with Crippen LogP contribution in [0.5, 0.6) is 5.75 Å². The Balaban J connectivity index is 2.04. The van der Waals surface area contributed by atoms with Gasteiger partial charge in [-0.3, -0.25) is 4.79 Å². The summed E-state index contributed by atoms with van der Waals surface area (Å²) in [7, 11) is 0. The Bertz CT molecular complexity index is 671. The van der Waals surface area contributed by atoms with Crippen molar-refractivity contribution >= 4 is 16.7 Å². The Hall–Kier alpha value is -2.83. The van der Waals surface area contributed by atoms with Gasteiger partial charge < -0.3 is 15.3 Å². The van der Waals surface area contributed by atoms with Crippen molar-refractivity contribution in [2.24, 2.45) is 0 Å². The van der Waals surface area contributed by atoms with Gasteiger partial charge in [0.25, 0.3) is 5.09 Å². The molecule has 0 aliphatic carbocycles. The van der Waals surface area contributed by atoms with Gasteiger partial charge in [-0.05, 0) is 16.8 Å². The number of phenolic OH excluding ortho intramolecular Hbond substituents is 1. The van der Waals surface area contributed by atoms with Gasteiger partial charge in [0, 0.05) is 12.1 Å². The SMILES string of the molecule is O=C(Cc1c(O)ccc2ccccc12)NCCO[N+](=O)[O-]. The van der Waals surface area contributed by atoms with Gasteiger partial charge in [-0.15, -0.1) is 10.1 Å². The molecule has 0 aliphatic rings. The van der Waals surface area contributed by atoms with E-state index >= 15 is 0 Å². The quantitative estimate of drug-likeness (QED) is 0.476. The van der Waals surface area contributed by atoms with Crippen LogP contribution in [0.4, 0.5) is 0 Å². The van der Waals surface area contributed by atoms with E-state index < -0.39 is 5.09 Å². The van der Waals surface area contributed by atoms with Gasteiger partial charge in [0.15, 0.2) is 0 Å². The van der Waals surface area contributed by atoms with Gasteiger partial charge >= 0.3 is 0 Å². The Morgan fingerprint density at radius 2 is 2.05 bits per heavy atom. The summed E-state index contributed by atoms with van der Waals surface area (Å²) in [6, 6.07) is 10.7. The highest BCUT2D eigenvalue weighted by molar-refractivity contribution is 5.92. The van der Waals surface area contributed by atoms with E-state index in [1.807, 2.05) is 24.3 Å². The molecule has 21 heavy (non-hydrogen) atoms. The largest absolute Gasteiger partial charge is 0.508 e. The Kier molecular flexibility index (Phi) is 4.55. The molecule has 0 fully saturated rings. The van der Waals surface area contributed by atoms with Crippen LogP contribution in [0.2, 0.25) is 0 Å². The van der Waals surface area contributed by atoms with E-state index in [4.69, 9.17) is 0 Å². The maximum absolute atomic E-state index is 11.8. The lowest BCUT2D eigenvalue weighted by Crippen LogP contribution is -2.29. The van der Waals surface area contributed by atoms with Crippen LogP contribution in [0.3, 0.4) is 0 Å². The lowest BCUT2D eigenvalue weighted by Gasteiger charge is -2.09. The summed E-state index contributed by atoms with van der Waals surface area (Å²) in [6.45, 7) is -0.175. The molecule has 0 saturated carbocycles. The molecule has 0 aromatic heterocycles. The van der Waals surface area contributed by atoms with Crippen molar-refractivity contribution in [1.82, 2.24) is 5.32 Å². The number of carbonyl (C=O) groups excluding carboxylic acids is 1. The van der Waals surface area contributed by atoms with E-state index in [0.717, 1.165) is 10.8 Å². The molecule has 2 N–H and O–H groups in total. The van der Waals surface area contributed by atoms with Gasteiger partial charge in [0.05, 0.1) is 6.42 Å². The average Bonchev–Trinajstić information content (AvgIpc) is 2.46. The molecule has 2 rings (SSSR count). The summed E-state index contributed by atoms with van der Waals surface area (Å²) < 4.78 is 0. The molecular formula is C14H14N2O5. The first kappa shape index (κ1) is 14.6. The Morgan fingerprint density at radius 1 is 1.29 bits per heavy atom. The number of benzene rings is 2. The highest BCUT2D eigenvalue weighted by Gasteiger charge is 2.11. The Labute approximate surface area is 120 Å². The highest BCUT2D eigenvalue weighted by atomic mass is 16.9. The van der Waals surface area contributed by atoms with Gasteiger partial charge in [-0.2, -0.15) is 0 Å². The van der Waals surface area contributed by atoms with Crippen LogP contribution in [-0.4, -0.2) is 29.3 Å². The van der Waals surface area contributed by atoms with Crippen LogP contribution in [-0.2, 0) is 16.1 Å². The normalized spacial score (nSPS) is 10.3. The molecular weight excluding hydrogens is 276 g/mol. The first-order chi connectivity index (χ1) is 10.1. The fraction of sp³-hybridized carbons (Fsp3) is 0.214. The predicted octanol–water partition coefficient (Wildman–Crippen LogP) is 1.41. The van der Waals surface area contributed by atoms with Gasteiger partial charge in [-0.1, -0.05) is 30.3 Å². The van der Waals surface area contributed by atoms with Crippen LogP contribution >= 0.6 is 0 Å². The molecule has 0 radical (unpaired) electrons. The fourth-order valence-corrected chi connectivity index (χ4v) is 2.04. The first-order valence-electron chi connectivity index (χ1n) is 6.31. The number of rotatable bonds is 6. The molecule has 0 aliphatic heterocycles. The summed E-state index contributed by atoms with van der Waals surface area (Å²) in [6.07, 6.45) is -0.00828. The summed E-state index contributed by atoms with van der Waals surface area (Å²) in [4.78, 5) is 25.9. The third kappa shape index (κ3) is 3.82. The third-order valence-electron chi connectivity index (χ3n) is 2.97. The van der Waals surface area contributed by atoms with E-state index in [9.17, 15) is 20.0 Å². The average molecular weight is 290 g/mol. The second-order valence-electron chi connectivity index (χ2n) is 4.37. The maximum Gasteiger partial charge on any atom is 0.294 e. The monoisotopic (exact) mass is 290 g/mol. The van der Waals surface area contributed by atoms with Crippen molar-refractivity contribution in [1.29, 1.82) is 0 Å². The molecule has 2 aromatic rings. The van der Waals surface area contributed by atoms with E-state index in [1.54, 1.807) is 12.1 Å². The number of hydrogen-bond acceptors (Lipinski definition) is 5. The summed E-state index contributed by atoms with van der Waals surface area (Å²) in [5, 5.41) is 23.2. The summed E-state index contributed by atoms with van der Waals surface area (Å²) in [5.74, 6) is -0.293. The maximum atomic E-state index is 11.8. The van der Waals surface area contributed by atoms with Crippen LogP contribution < -0.4 is 5.32 Å². The Morgan fingerprint density at radius 3 is 2.81 bits per heavy atom. The molecule has 0 spiro atoms. The number of carbonyl (C=O) groups is 1. The third-order valence-corrected chi connectivity index (χ3v) is 2.97. The predicted molar refractivity (Wildman–Crippen MR) is 75.3 cm³/mol. The molecule has 110 valence electrons. The molecule has 0 bridgehead atoms. The molecule has 0 atom stereocenters. The van der Waals surface area contributed by atoms with E-state index in [1.165, 1.54) is 0 Å². The number of fused-ring (bicyclic) bond motifs is 1.